The lowest BCUT2D eigenvalue weighted by atomic mass is 9.85. The fourth-order valence-electron chi connectivity index (χ4n) is 2.15. The summed E-state index contributed by atoms with van der Waals surface area (Å²) >= 11 is 3.45. The normalized spacial score (nSPS) is 16.3. The van der Waals surface area contributed by atoms with E-state index in [2.05, 4.69) is 20.9 Å². The summed E-state index contributed by atoms with van der Waals surface area (Å²) in [6.07, 6.45) is 6.46. The second-order valence-corrected chi connectivity index (χ2v) is 5.12. The van der Waals surface area contributed by atoms with Gasteiger partial charge in [-0.25, -0.2) is 4.98 Å². The summed E-state index contributed by atoms with van der Waals surface area (Å²) in [5.74, 6) is 1.56. The number of aldehydes is 1. The molecule has 0 bridgehead atoms. The van der Waals surface area contributed by atoms with Crippen molar-refractivity contribution < 1.29 is 4.79 Å². The third kappa shape index (κ3) is 1.40. The number of carbonyl (C=O) groups is 1. The molecule has 82 valence electrons. The SMILES string of the molecule is O=Cc1nc(C2CCC2)n2cc(Br)ccc12. The molecule has 4 heteroatoms. The highest BCUT2D eigenvalue weighted by atomic mass is 79.9. The fraction of sp³-hybridized carbons (Fsp3) is 0.333. The highest BCUT2D eigenvalue weighted by molar-refractivity contribution is 9.10. The molecule has 0 saturated heterocycles. The predicted octanol–water partition coefficient (Wildman–Crippen LogP) is 3.18. The van der Waals surface area contributed by atoms with Crippen molar-refractivity contribution in [3.8, 4) is 0 Å². The number of carbonyl (C=O) groups excluding carboxylic acids is 1. The summed E-state index contributed by atoms with van der Waals surface area (Å²) in [5, 5.41) is 0. The molecule has 1 fully saturated rings. The number of imidazole rings is 1. The lowest BCUT2D eigenvalue weighted by Gasteiger charge is -2.23. The fourth-order valence-corrected chi connectivity index (χ4v) is 2.49. The Hall–Kier alpha value is -1.16. The molecule has 1 aliphatic rings. The van der Waals surface area contributed by atoms with Crippen LogP contribution in [0.25, 0.3) is 5.52 Å². The molecule has 0 unspecified atom stereocenters. The minimum atomic E-state index is 0.524. The molecular weight excluding hydrogens is 268 g/mol. The van der Waals surface area contributed by atoms with Gasteiger partial charge in [0.15, 0.2) is 6.29 Å². The number of hydrogen-bond acceptors (Lipinski definition) is 2. The van der Waals surface area contributed by atoms with Crippen LogP contribution in [0.2, 0.25) is 0 Å². The van der Waals surface area contributed by atoms with E-state index in [0.29, 0.717) is 11.6 Å². The molecule has 2 aromatic rings. The summed E-state index contributed by atoms with van der Waals surface area (Å²) in [7, 11) is 0. The number of halogens is 1. The molecule has 0 amide bonds. The average Bonchev–Trinajstić information content (AvgIpc) is 2.54. The molecule has 0 spiro atoms. The van der Waals surface area contributed by atoms with E-state index in [9.17, 15) is 4.79 Å². The number of aromatic nitrogens is 2. The van der Waals surface area contributed by atoms with Crippen molar-refractivity contribution >= 4 is 27.7 Å². The van der Waals surface area contributed by atoms with Crippen LogP contribution >= 0.6 is 15.9 Å². The van der Waals surface area contributed by atoms with Gasteiger partial charge in [0.25, 0.3) is 0 Å². The van der Waals surface area contributed by atoms with E-state index in [4.69, 9.17) is 0 Å². The first-order valence-electron chi connectivity index (χ1n) is 5.42. The van der Waals surface area contributed by atoms with Gasteiger partial charge >= 0.3 is 0 Å². The third-order valence-electron chi connectivity index (χ3n) is 3.24. The Morgan fingerprint density at radius 1 is 1.44 bits per heavy atom. The average molecular weight is 279 g/mol. The maximum atomic E-state index is 11.0. The van der Waals surface area contributed by atoms with Gasteiger partial charge < -0.3 is 4.40 Å². The third-order valence-corrected chi connectivity index (χ3v) is 3.71. The molecule has 0 aromatic carbocycles. The minimum absolute atomic E-state index is 0.524. The summed E-state index contributed by atoms with van der Waals surface area (Å²) in [4.78, 5) is 15.4. The summed E-state index contributed by atoms with van der Waals surface area (Å²) < 4.78 is 3.05. The number of pyridine rings is 1. The van der Waals surface area contributed by atoms with Crippen molar-refractivity contribution in [1.29, 1.82) is 0 Å². The minimum Gasteiger partial charge on any atom is -0.302 e. The van der Waals surface area contributed by atoms with Gasteiger partial charge in [-0.1, -0.05) is 6.42 Å². The quantitative estimate of drug-likeness (QED) is 0.791. The van der Waals surface area contributed by atoms with Crippen LogP contribution in [-0.2, 0) is 0 Å². The zero-order valence-electron chi connectivity index (χ0n) is 8.69. The molecule has 3 rings (SSSR count). The zero-order chi connectivity index (χ0) is 11.1. The van der Waals surface area contributed by atoms with Gasteiger partial charge in [-0.15, -0.1) is 0 Å². The predicted molar refractivity (Wildman–Crippen MR) is 64.9 cm³/mol. The number of rotatable bonds is 2. The molecular formula is C12H11BrN2O. The Labute approximate surface area is 102 Å². The Kier molecular flexibility index (Phi) is 2.32. The van der Waals surface area contributed by atoms with Crippen molar-refractivity contribution in [2.75, 3.05) is 0 Å². The van der Waals surface area contributed by atoms with Gasteiger partial charge in [0.2, 0.25) is 0 Å². The van der Waals surface area contributed by atoms with Crippen molar-refractivity contribution in [3.63, 3.8) is 0 Å². The van der Waals surface area contributed by atoms with Crippen molar-refractivity contribution in [2.24, 2.45) is 0 Å². The van der Waals surface area contributed by atoms with Gasteiger partial charge in [-0.05, 0) is 40.9 Å². The van der Waals surface area contributed by atoms with Crippen LogP contribution in [-0.4, -0.2) is 15.7 Å². The van der Waals surface area contributed by atoms with E-state index < -0.39 is 0 Å². The van der Waals surface area contributed by atoms with Gasteiger partial charge in [0.1, 0.15) is 11.5 Å². The Morgan fingerprint density at radius 3 is 2.88 bits per heavy atom. The molecule has 2 heterocycles. The van der Waals surface area contributed by atoms with E-state index in [1.807, 2.05) is 22.7 Å². The molecule has 0 aliphatic heterocycles. The smallest absolute Gasteiger partial charge is 0.170 e. The van der Waals surface area contributed by atoms with Crippen LogP contribution in [0.5, 0.6) is 0 Å². The van der Waals surface area contributed by atoms with Gasteiger partial charge in [-0.2, -0.15) is 0 Å². The summed E-state index contributed by atoms with van der Waals surface area (Å²) in [6.45, 7) is 0. The van der Waals surface area contributed by atoms with Crippen LogP contribution in [0.4, 0.5) is 0 Å². The highest BCUT2D eigenvalue weighted by Gasteiger charge is 2.25. The first kappa shape index (κ1) is 10.0. The second kappa shape index (κ2) is 3.70. The summed E-state index contributed by atoms with van der Waals surface area (Å²) in [5.41, 5.74) is 1.45. The van der Waals surface area contributed by atoms with Crippen molar-refractivity contribution in [2.45, 2.75) is 25.2 Å². The second-order valence-electron chi connectivity index (χ2n) is 4.20. The topological polar surface area (TPSA) is 34.4 Å². The zero-order valence-corrected chi connectivity index (χ0v) is 10.3. The lowest BCUT2D eigenvalue weighted by molar-refractivity contribution is 0.112. The highest BCUT2D eigenvalue weighted by Crippen LogP contribution is 2.36. The van der Waals surface area contributed by atoms with Crippen LogP contribution in [0.1, 0.15) is 41.5 Å². The molecule has 2 aromatic heterocycles. The molecule has 1 aliphatic carbocycles. The largest absolute Gasteiger partial charge is 0.302 e. The molecule has 3 nitrogen and oxygen atoms in total. The van der Waals surface area contributed by atoms with Gasteiger partial charge in [-0.3, -0.25) is 4.79 Å². The molecule has 0 N–H and O–H groups in total. The Balaban J connectivity index is 2.26. The molecule has 0 atom stereocenters. The van der Waals surface area contributed by atoms with Crippen LogP contribution in [0, 0.1) is 0 Å². The standard InChI is InChI=1S/C12H11BrN2O/c13-9-4-5-11-10(7-16)14-12(15(11)6-9)8-2-1-3-8/h4-8H,1-3H2. The van der Waals surface area contributed by atoms with E-state index in [1.54, 1.807) is 0 Å². The lowest BCUT2D eigenvalue weighted by Crippen LogP contribution is -2.12. The maximum Gasteiger partial charge on any atom is 0.170 e. The number of nitrogens with zero attached hydrogens (tertiary/aromatic N) is 2. The Morgan fingerprint density at radius 2 is 2.25 bits per heavy atom. The first-order valence-corrected chi connectivity index (χ1v) is 6.21. The molecule has 0 radical (unpaired) electrons. The van der Waals surface area contributed by atoms with E-state index >= 15 is 0 Å². The number of fused-ring (bicyclic) bond motifs is 1. The number of hydrogen-bond donors (Lipinski definition) is 0. The van der Waals surface area contributed by atoms with Crippen LogP contribution < -0.4 is 0 Å². The molecule has 1 saturated carbocycles. The van der Waals surface area contributed by atoms with Gasteiger partial charge in [0.05, 0.1) is 5.52 Å². The molecule has 16 heavy (non-hydrogen) atoms. The van der Waals surface area contributed by atoms with Crippen LogP contribution in [0.15, 0.2) is 22.8 Å². The van der Waals surface area contributed by atoms with E-state index in [1.165, 1.54) is 19.3 Å². The van der Waals surface area contributed by atoms with Crippen molar-refractivity contribution in [3.05, 3.63) is 34.3 Å². The Bertz CT molecular complexity index is 557. The maximum absolute atomic E-state index is 11.0. The first-order chi connectivity index (χ1) is 7.79. The monoisotopic (exact) mass is 278 g/mol. The van der Waals surface area contributed by atoms with Gasteiger partial charge in [0, 0.05) is 16.6 Å². The summed E-state index contributed by atoms with van der Waals surface area (Å²) in [6, 6.07) is 3.87. The van der Waals surface area contributed by atoms with E-state index in [0.717, 1.165) is 22.1 Å². The van der Waals surface area contributed by atoms with E-state index in [-0.39, 0.29) is 0 Å². The van der Waals surface area contributed by atoms with Crippen LogP contribution in [0.3, 0.4) is 0 Å². The van der Waals surface area contributed by atoms with Crippen molar-refractivity contribution in [1.82, 2.24) is 9.38 Å².